The molecule has 8 nitrogen and oxygen atoms in total. The average Bonchev–Trinajstić information content (AvgIpc) is 1.54. The van der Waals surface area contributed by atoms with E-state index in [4.69, 9.17) is 24.4 Å². The molecule has 0 aliphatic rings. The number of rotatable bonds is 2. The lowest BCUT2D eigenvalue weighted by Gasteiger charge is -2.21. The van der Waals surface area contributed by atoms with Crippen LogP contribution in [0.2, 0.25) is 0 Å². The Kier molecular flexibility index (Phi) is 16.0. The fraction of sp³-hybridized carbons (Fsp3) is 1.00. The molecular weight excluding hydrogens is 217 g/mol. The minimum atomic E-state index is -4.89. The Balaban J connectivity index is -0.0000000651. The van der Waals surface area contributed by atoms with Crippen LogP contribution in [0.15, 0.2) is 0 Å². The van der Waals surface area contributed by atoms with Crippen LogP contribution in [0.5, 0.6) is 0 Å². The van der Waals surface area contributed by atoms with Gasteiger partial charge < -0.3 is 35.2 Å². The van der Waals surface area contributed by atoms with Crippen molar-refractivity contribution in [3.8, 4) is 0 Å². The summed E-state index contributed by atoms with van der Waals surface area (Å²) in [6.07, 6.45) is 0. The van der Waals surface area contributed by atoms with E-state index in [0.29, 0.717) is 0 Å². The molecule has 0 aliphatic heterocycles. The zero-order valence-corrected chi connectivity index (χ0v) is 9.36. The summed E-state index contributed by atoms with van der Waals surface area (Å²) in [5.74, 6) is 0. The van der Waals surface area contributed by atoms with Gasteiger partial charge in [0.15, 0.2) is 0 Å². The highest BCUT2D eigenvalue weighted by molar-refractivity contribution is 7.43. The number of likely N-dealkylation sites (N-methyl/N-ethyl adjacent to an activating group) is 1. The van der Waals surface area contributed by atoms with E-state index in [1.165, 1.54) is 0 Å². The lowest BCUT2D eigenvalue weighted by atomic mass is 10.5. The SMILES string of the molecule is C[N+](C)(C)CCO.O.O.O=P([O-])(O)O. The Morgan fingerprint density at radius 2 is 1.43 bits per heavy atom. The summed E-state index contributed by atoms with van der Waals surface area (Å²) in [6, 6.07) is 0. The van der Waals surface area contributed by atoms with Gasteiger partial charge in [0.05, 0.1) is 27.7 Å². The third-order valence-electron chi connectivity index (χ3n) is 0.771. The number of quaternary nitrogens is 1. The molecule has 0 heterocycles. The second-order valence-electron chi connectivity index (χ2n) is 3.23. The van der Waals surface area contributed by atoms with Crippen molar-refractivity contribution in [2.24, 2.45) is 0 Å². The first kappa shape index (κ1) is 23.6. The van der Waals surface area contributed by atoms with Crippen LogP contribution in [0.4, 0.5) is 0 Å². The van der Waals surface area contributed by atoms with Gasteiger partial charge >= 0.3 is 0 Å². The van der Waals surface area contributed by atoms with Gasteiger partial charge in [0.25, 0.3) is 7.82 Å². The summed E-state index contributed by atoms with van der Waals surface area (Å²) >= 11 is 0. The second-order valence-corrected chi connectivity index (χ2v) is 4.21. The zero-order valence-electron chi connectivity index (χ0n) is 8.47. The second kappa shape index (κ2) is 9.50. The number of aliphatic hydroxyl groups is 1. The number of hydrogen-bond acceptors (Lipinski definition) is 3. The number of hydrogen-bond donors (Lipinski definition) is 3. The molecule has 0 fully saturated rings. The summed E-state index contributed by atoms with van der Waals surface area (Å²) < 4.78 is 9.61. The van der Waals surface area contributed by atoms with Gasteiger partial charge in [0, 0.05) is 0 Å². The van der Waals surface area contributed by atoms with Crippen molar-refractivity contribution in [2.45, 2.75) is 0 Å². The maximum Gasteiger partial charge on any atom is 0.262 e. The molecule has 0 aromatic rings. The molecule has 0 atom stereocenters. The Labute approximate surface area is 82.9 Å². The lowest BCUT2D eigenvalue weighted by Crippen LogP contribution is -2.36. The normalized spacial score (nSPS) is 10.2. The van der Waals surface area contributed by atoms with Crippen LogP contribution in [0.25, 0.3) is 0 Å². The third-order valence-corrected chi connectivity index (χ3v) is 0.771. The van der Waals surface area contributed by atoms with Gasteiger partial charge in [-0.3, -0.25) is 4.57 Å². The van der Waals surface area contributed by atoms with Crippen LogP contribution in [-0.2, 0) is 4.57 Å². The Morgan fingerprint density at radius 1 is 1.21 bits per heavy atom. The van der Waals surface area contributed by atoms with Gasteiger partial charge in [-0.05, 0) is 0 Å². The summed E-state index contributed by atoms with van der Waals surface area (Å²) in [4.78, 5) is 22.9. The van der Waals surface area contributed by atoms with Crippen LogP contribution < -0.4 is 4.89 Å². The quantitative estimate of drug-likeness (QED) is 0.334. The monoisotopic (exact) mass is 237 g/mol. The van der Waals surface area contributed by atoms with Crippen LogP contribution in [0, 0.1) is 0 Å². The maximum absolute atomic E-state index is 8.77. The van der Waals surface area contributed by atoms with E-state index >= 15 is 0 Å². The molecule has 7 N–H and O–H groups in total. The van der Waals surface area contributed by atoms with Gasteiger partial charge in [0.2, 0.25) is 0 Å². The molecule has 0 radical (unpaired) electrons. The standard InChI is InChI=1S/C5H14NO.H3O4P.2H2O/c1-6(2,3)4-5-7;1-5(2,3)4;;/h7H,4-5H2,1-3H3;(H3,1,2,3,4);2*1H2/q+1;;;/p-1. The fourth-order valence-electron chi connectivity index (χ4n) is 0.300. The highest BCUT2D eigenvalue weighted by Gasteiger charge is 2.02. The average molecular weight is 237 g/mol. The van der Waals surface area contributed by atoms with Crippen molar-refractivity contribution in [1.82, 2.24) is 0 Å². The van der Waals surface area contributed by atoms with Crippen molar-refractivity contribution in [3.05, 3.63) is 0 Å². The topological polar surface area (TPSA) is 164 Å². The molecule has 0 unspecified atom stereocenters. The Hall–Kier alpha value is -0.0500. The highest BCUT2D eigenvalue weighted by Crippen LogP contribution is 2.18. The lowest BCUT2D eigenvalue weighted by molar-refractivity contribution is -0.870. The van der Waals surface area contributed by atoms with Gasteiger partial charge in [-0.25, -0.2) is 0 Å². The molecule has 0 bridgehead atoms. The van der Waals surface area contributed by atoms with Crippen LogP contribution >= 0.6 is 7.82 Å². The largest absolute Gasteiger partial charge is 0.756 e. The number of aliphatic hydroxyl groups excluding tert-OH is 1. The molecule has 0 aliphatic carbocycles. The van der Waals surface area contributed by atoms with E-state index in [2.05, 4.69) is 21.1 Å². The predicted molar refractivity (Wildman–Crippen MR) is 49.3 cm³/mol. The smallest absolute Gasteiger partial charge is 0.262 e. The summed E-state index contributed by atoms with van der Waals surface area (Å²) in [5, 5.41) is 8.39. The van der Waals surface area contributed by atoms with E-state index in [1.807, 2.05) is 0 Å². The summed E-state index contributed by atoms with van der Waals surface area (Å²) in [6.45, 7) is 1.11. The predicted octanol–water partition coefficient (Wildman–Crippen LogP) is -3.53. The minimum Gasteiger partial charge on any atom is -0.756 e. The molecule has 0 amide bonds. The molecule has 0 aromatic heterocycles. The Bertz CT molecular complexity index is 142. The van der Waals surface area contributed by atoms with Gasteiger partial charge in [-0.1, -0.05) is 0 Å². The maximum atomic E-state index is 8.77. The van der Waals surface area contributed by atoms with Crippen LogP contribution in [0.3, 0.4) is 0 Å². The zero-order chi connectivity index (χ0) is 10.4. The van der Waals surface area contributed by atoms with Gasteiger partial charge in [0.1, 0.15) is 6.54 Å². The van der Waals surface area contributed by atoms with Crippen molar-refractivity contribution >= 4 is 7.82 Å². The first-order chi connectivity index (χ1) is 5.06. The third kappa shape index (κ3) is 91.8. The van der Waals surface area contributed by atoms with E-state index in [0.717, 1.165) is 11.0 Å². The van der Waals surface area contributed by atoms with Crippen molar-refractivity contribution in [1.29, 1.82) is 0 Å². The molecule has 0 aromatic carbocycles. The first-order valence-corrected chi connectivity index (χ1v) is 4.77. The van der Waals surface area contributed by atoms with E-state index in [-0.39, 0.29) is 17.6 Å². The highest BCUT2D eigenvalue weighted by atomic mass is 31.2. The molecule has 0 spiro atoms. The molecule has 14 heavy (non-hydrogen) atoms. The number of nitrogens with zero attached hydrogens (tertiary/aromatic N) is 1. The minimum absolute atomic E-state index is 0. The number of phosphoric acid groups is 1. The molecule has 0 saturated heterocycles. The summed E-state index contributed by atoms with van der Waals surface area (Å²) in [7, 11) is 1.27. The van der Waals surface area contributed by atoms with Crippen molar-refractivity contribution in [2.75, 3.05) is 34.3 Å². The molecule has 0 rings (SSSR count). The first-order valence-electron chi connectivity index (χ1n) is 3.24. The Morgan fingerprint density at radius 3 is 1.43 bits per heavy atom. The molecule has 92 valence electrons. The molecule has 0 saturated carbocycles. The summed E-state index contributed by atoms with van der Waals surface area (Å²) in [5.41, 5.74) is 0. The van der Waals surface area contributed by atoms with E-state index in [9.17, 15) is 0 Å². The fourth-order valence-corrected chi connectivity index (χ4v) is 0.300. The van der Waals surface area contributed by atoms with Crippen LogP contribution in [0.1, 0.15) is 0 Å². The van der Waals surface area contributed by atoms with E-state index in [1.54, 1.807) is 0 Å². The molecule has 9 heteroatoms. The van der Waals surface area contributed by atoms with Gasteiger partial charge in [-0.2, -0.15) is 0 Å². The van der Waals surface area contributed by atoms with Crippen molar-refractivity contribution < 1.29 is 39.8 Å². The van der Waals surface area contributed by atoms with Gasteiger partial charge in [-0.15, -0.1) is 0 Å². The van der Waals surface area contributed by atoms with Crippen molar-refractivity contribution in [3.63, 3.8) is 0 Å². The molecular formula is C5H20NO7P. The van der Waals surface area contributed by atoms with Crippen LogP contribution in [-0.4, -0.2) is 64.6 Å². The van der Waals surface area contributed by atoms with E-state index < -0.39 is 7.82 Å².